The average Bonchev–Trinajstić information content (AvgIpc) is 2.62. The molecule has 1 unspecified atom stereocenters. The van der Waals surface area contributed by atoms with Gasteiger partial charge in [-0.1, -0.05) is 13.3 Å². The topological polar surface area (TPSA) is 68.8 Å². The normalized spacial score (nSPS) is 14.8. The first-order chi connectivity index (χ1) is 7.56. The fourth-order valence-electron chi connectivity index (χ4n) is 1.95. The van der Waals surface area contributed by atoms with Crippen LogP contribution in [0, 0.1) is 0 Å². The molecule has 1 atom stereocenters. The van der Waals surface area contributed by atoms with Gasteiger partial charge >= 0.3 is 0 Å². The number of hydrogen-bond donors (Lipinski definition) is 2. The van der Waals surface area contributed by atoms with Gasteiger partial charge in [0.15, 0.2) is 5.82 Å². The molecular weight excluding hydrogens is 202 g/mol. The summed E-state index contributed by atoms with van der Waals surface area (Å²) in [4.78, 5) is 0. The van der Waals surface area contributed by atoms with E-state index in [4.69, 9.17) is 5.73 Å². The highest BCUT2D eigenvalue weighted by atomic mass is 15.4. The van der Waals surface area contributed by atoms with E-state index in [9.17, 15) is 0 Å². The van der Waals surface area contributed by atoms with Crippen LogP contribution in [0.4, 0.5) is 5.95 Å². The number of nitrogens with zero attached hydrogens (tertiary/aromatic N) is 3. The molecule has 0 bridgehead atoms. The van der Waals surface area contributed by atoms with Gasteiger partial charge in [-0.2, -0.15) is 0 Å². The third-order valence-electron chi connectivity index (χ3n) is 2.68. The first-order valence-corrected chi connectivity index (χ1v) is 6.03. The van der Waals surface area contributed by atoms with E-state index in [2.05, 4.69) is 33.9 Å². The predicted octanol–water partition coefficient (Wildman–Crippen LogP) is 1.70. The molecular formula is C11H23N5. The van der Waals surface area contributed by atoms with E-state index in [1.807, 2.05) is 13.8 Å². The van der Waals surface area contributed by atoms with Gasteiger partial charge in [-0.3, -0.25) is 4.57 Å². The molecule has 0 radical (unpaired) electrons. The van der Waals surface area contributed by atoms with E-state index >= 15 is 0 Å². The van der Waals surface area contributed by atoms with Crippen molar-refractivity contribution in [2.45, 2.75) is 52.6 Å². The lowest BCUT2D eigenvalue weighted by Crippen LogP contribution is -2.36. The number of rotatable bonds is 6. The molecule has 0 aliphatic heterocycles. The molecule has 0 amide bonds. The quantitative estimate of drug-likeness (QED) is 0.773. The van der Waals surface area contributed by atoms with E-state index < -0.39 is 5.54 Å². The molecule has 0 aliphatic rings. The van der Waals surface area contributed by atoms with Crippen molar-refractivity contribution in [1.29, 1.82) is 0 Å². The summed E-state index contributed by atoms with van der Waals surface area (Å²) in [6.07, 6.45) is 1.96. The largest absolute Gasteiger partial charge is 0.355 e. The third kappa shape index (κ3) is 2.52. The Morgan fingerprint density at radius 2 is 2.00 bits per heavy atom. The molecule has 3 N–H and O–H groups in total. The molecule has 1 rings (SSSR count). The number of nitrogens with one attached hydrogen (secondary N) is 1. The van der Waals surface area contributed by atoms with Gasteiger partial charge < -0.3 is 11.1 Å². The minimum Gasteiger partial charge on any atom is -0.355 e. The van der Waals surface area contributed by atoms with Crippen molar-refractivity contribution in [1.82, 2.24) is 14.8 Å². The zero-order valence-electron chi connectivity index (χ0n) is 10.7. The van der Waals surface area contributed by atoms with E-state index in [-0.39, 0.29) is 0 Å². The molecule has 5 nitrogen and oxygen atoms in total. The van der Waals surface area contributed by atoms with Crippen LogP contribution in [0.1, 0.15) is 46.4 Å². The van der Waals surface area contributed by atoms with Crippen molar-refractivity contribution in [3.05, 3.63) is 5.82 Å². The Hall–Kier alpha value is -1.10. The molecule has 0 aromatic carbocycles. The molecule has 16 heavy (non-hydrogen) atoms. The van der Waals surface area contributed by atoms with Crippen molar-refractivity contribution >= 4 is 5.95 Å². The first kappa shape index (κ1) is 13.0. The van der Waals surface area contributed by atoms with Crippen molar-refractivity contribution in [3.63, 3.8) is 0 Å². The molecule has 1 aromatic heterocycles. The Labute approximate surface area is 97.4 Å². The second-order valence-corrected chi connectivity index (χ2v) is 4.29. The molecule has 0 saturated carbocycles. The van der Waals surface area contributed by atoms with Gasteiger partial charge in [0, 0.05) is 13.1 Å². The lowest BCUT2D eigenvalue weighted by atomic mass is 9.96. The number of anilines is 1. The molecule has 1 aromatic rings. The maximum atomic E-state index is 6.28. The van der Waals surface area contributed by atoms with Gasteiger partial charge in [-0.05, 0) is 27.2 Å². The van der Waals surface area contributed by atoms with E-state index in [1.54, 1.807) is 0 Å². The van der Waals surface area contributed by atoms with Crippen molar-refractivity contribution in [2.75, 3.05) is 11.9 Å². The lowest BCUT2D eigenvalue weighted by Gasteiger charge is -2.23. The van der Waals surface area contributed by atoms with Crippen molar-refractivity contribution in [3.8, 4) is 0 Å². The third-order valence-corrected chi connectivity index (χ3v) is 2.68. The van der Waals surface area contributed by atoms with Crippen molar-refractivity contribution in [2.24, 2.45) is 5.73 Å². The standard InChI is InChI=1S/C11H23N5/c1-5-8-11(4,12)9-14-15-10(13-6-2)16(9)7-3/h5-8,12H2,1-4H3,(H,13,15). The van der Waals surface area contributed by atoms with Crippen LogP contribution in [0.5, 0.6) is 0 Å². The van der Waals surface area contributed by atoms with Gasteiger partial charge in [-0.15, -0.1) is 10.2 Å². The monoisotopic (exact) mass is 225 g/mol. The van der Waals surface area contributed by atoms with Crippen LogP contribution in [0.15, 0.2) is 0 Å². The Morgan fingerprint density at radius 1 is 1.31 bits per heavy atom. The maximum Gasteiger partial charge on any atom is 0.224 e. The fourth-order valence-corrected chi connectivity index (χ4v) is 1.95. The highest BCUT2D eigenvalue weighted by Gasteiger charge is 2.27. The van der Waals surface area contributed by atoms with Crippen molar-refractivity contribution < 1.29 is 0 Å². The fraction of sp³-hybridized carbons (Fsp3) is 0.818. The highest BCUT2D eigenvalue weighted by molar-refractivity contribution is 5.27. The summed E-state index contributed by atoms with van der Waals surface area (Å²) in [6.45, 7) is 9.94. The summed E-state index contributed by atoms with van der Waals surface area (Å²) in [7, 11) is 0. The predicted molar refractivity (Wildman–Crippen MR) is 66.3 cm³/mol. The SMILES string of the molecule is CCCC(C)(N)c1nnc(NCC)n1CC. The highest BCUT2D eigenvalue weighted by Crippen LogP contribution is 2.23. The van der Waals surface area contributed by atoms with Gasteiger partial charge in [0.05, 0.1) is 5.54 Å². The summed E-state index contributed by atoms with van der Waals surface area (Å²) in [5, 5.41) is 11.6. The smallest absolute Gasteiger partial charge is 0.224 e. The molecule has 92 valence electrons. The average molecular weight is 225 g/mol. The van der Waals surface area contributed by atoms with Crippen LogP contribution in [-0.2, 0) is 12.1 Å². The second-order valence-electron chi connectivity index (χ2n) is 4.29. The first-order valence-electron chi connectivity index (χ1n) is 6.03. The molecule has 0 aliphatic carbocycles. The van der Waals surface area contributed by atoms with Gasteiger partial charge in [0.1, 0.15) is 0 Å². The second kappa shape index (κ2) is 5.30. The van der Waals surface area contributed by atoms with E-state index in [0.717, 1.165) is 37.7 Å². The van der Waals surface area contributed by atoms with Crippen LogP contribution < -0.4 is 11.1 Å². The zero-order chi connectivity index (χ0) is 12.2. The Kier molecular flexibility index (Phi) is 4.29. The van der Waals surface area contributed by atoms with Crippen LogP contribution in [0.25, 0.3) is 0 Å². The maximum absolute atomic E-state index is 6.28. The Balaban J connectivity index is 3.04. The number of aromatic nitrogens is 3. The van der Waals surface area contributed by atoms with Crippen LogP contribution >= 0.6 is 0 Å². The van der Waals surface area contributed by atoms with Gasteiger partial charge in [0.25, 0.3) is 0 Å². The molecule has 1 heterocycles. The summed E-state index contributed by atoms with van der Waals surface area (Å²) in [6, 6.07) is 0. The number of hydrogen-bond acceptors (Lipinski definition) is 4. The van der Waals surface area contributed by atoms with Crippen LogP contribution in [0.3, 0.4) is 0 Å². The molecule has 5 heteroatoms. The zero-order valence-corrected chi connectivity index (χ0v) is 10.7. The molecule has 0 fully saturated rings. The summed E-state index contributed by atoms with van der Waals surface area (Å²) in [5.74, 6) is 1.68. The summed E-state index contributed by atoms with van der Waals surface area (Å²) >= 11 is 0. The molecule has 0 saturated heterocycles. The lowest BCUT2D eigenvalue weighted by molar-refractivity contribution is 0.400. The van der Waals surface area contributed by atoms with Gasteiger partial charge in [0.2, 0.25) is 5.95 Å². The minimum absolute atomic E-state index is 0.397. The van der Waals surface area contributed by atoms with Gasteiger partial charge in [-0.25, -0.2) is 0 Å². The van der Waals surface area contributed by atoms with E-state index in [0.29, 0.717) is 0 Å². The van der Waals surface area contributed by atoms with Crippen LogP contribution in [0.2, 0.25) is 0 Å². The van der Waals surface area contributed by atoms with E-state index in [1.165, 1.54) is 0 Å². The Bertz CT molecular complexity index is 329. The van der Waals surface area contributed by atoms with Crippen LogP contribution in [-0.4, -0.2) is 21.3 Å². The Morgan fingerprint density at radius 3 is 2.50 bits per heavy atom. The summed E-state index contributed by atoms with van der Waals surface area (Å²) in [5.41, 5.74) is 5.89. The molecule has 0 spiro atoms. The number of nitrogens with two attached hydrogens (primary N) is 1. The minimum atomic E-state index is -0.397. The summed E-state index contributed by atoms with van der Waals surface area (Å²) < 4.78 is 2.05.